The predicted octanol–water partition coefficient (Wildman–Crippen LogP) is 4.69. The van der Waals surface area contributed by atoms with Gasteiger partial charge in [0.2, 0.25) is 11.8 Å². The number of aliphatic carboxylic acids is 1. The van der Waals surface area contributed by atoms with E-state index in [4.69, 9.17) is 14.3 Å². The van der Waals surface area contributed by atoms with Gasteiger partial charge in [-0.3, -0.25) is 4.79 Å². The third kappa shape index (κ3) is 6.19. The maximum Gasteiger partial charge on any atom is 0.303 e. The molecule has 0 radical (unpaired) electrons. The van der Waals surface area contributed by atoms with Crippen molar-refractivity contribution in [3.63, 3.8) is 0 Å². The summed E-state index contributed by atoms with van der Waals surface area (Å²) in [5.41, 5.74) is 3.68. The molecule has 174 valence electrons. The summed E-state index contributed by atoms with van der Waals surface area (Å²) in [6.45, 7) is 2.80. The van der Waals surface area contributed by atoms with Crippen molar-refractivity contribution in [1.82, 2.24) is 15.0 Å². The molecule has 0 atom stereocenters. The van der Waals surface area contributed by atoms with E-state index in [2.05, 4.69) is 20.3 Å². The standard InChI is InChI=1S/C26H26N4O4/c1-18-23(30-25(34-18)20-6-3-2-4-7-20)12-15-33-22-10-8-19(9-11-24(31)32)21(16-22)17-29-26-27-13-5-14-28-26/h2-8,10,13-14,16H,9,11-12,15,17H2,1H3,(H,31,32)(H,27,28,29). The third-order valence-electron chi connectivity index (χ3n) is 5.31. The highest BCUT2D eigenvalue weighted by Crippen LogP contribution is 2.23. The van der Waals surface area contributed by atoms with Crippen molar-refractivity contribution in [3.8, 4) is 17.2 Å². The van der Waals surface area contributed by atoms with E-state index in [1.54, 1.807) is 18.5 Å². The predicted molar refractivity (Wildman–Crippen MR) is 128 cm³/mol. The fourth-order valence-electron chi connectivity index (χ4n) is 3.54. The molecule has 2 aromatic heterocycles. The van der Waals surface area contributed by atoms with Crippen LogP contribution in [0.25, 0.3) is 11.5 Å². The lowest BCUT2D eigenvalue weighted by molar-refractivity contribution is -0.136. The molecule has 4 aromatic rings. The SMILES string of the molecule is Cc1oc(-c2ccccc2)nc1CCOc1ccc(CCC(=O)O)c(CNc2ncccn2)c1. The molecule has 2 N–H and O–H groups in total. The van der Waals surface area contributed by atoms with Crippen LogP contribution < -0.4 is 10.1 Å². The number of carbonyl (C=O) groups is 1. The number of benzene rings is 2. The van der Waals surface area contributed by atoms with Gasteiger partial charge in [-0.2, -0.15) is 0 Å². The van der Waals surface area contributed by atoms with Crippen molar-refractivity contribution >= 4 is 11.9 Å². The van der Waals surface area contributed by atoms with Crippen molar-refractivity contribution in [2.45, 2.75) is 32.7 Å². The number of aryl methyl sites for hydroxylation is 2. The van der Waals surface area contributed by atoms with Gasteiger partial charge in [0.15, 0.2) is 0 Å². The van der Waals surface area contributed by atoms with Gasteiger partial charge in [-0.1, -0.05) is 24.3 Å². The number of nitrogens with zero attached hydrogens (tertiary/aromatic N) is 3. The summed E-state index contributed by atoms with van der Waals surface area (Å²) >= 11 is 0. The molecule has 0 aliphatic carbocycles. The Morgan fingerprint density at radius 2 is 1.82 bits per heavy atom. The van der Waals surface area contributed by atoms with Gasteiger partial charge in [0.25, 0.3) is 0 Å². The molecule has 2 heterocycles. The van der Waals surface area contributed by atoms with E-state index in [-0.39, 0.29) is 6.42 Å². The second-order valence-electron chi connectivity index (χ2n) is 7.74. The average Bonchev–Trinajstić information content (AvgIpc) is 3.23. The zero-order chi connectivity index (χ0) is 23.8. The van der Waals surface area contributed by atoms with Gasteiger partial charge in [-0.15, -0.1) is 0 Å². The Labute approximate surface area is 197 Å². The Balaban J connectivity index is 1.41. The second kappa shape index (κ2) is 11.1. The minimum Gasteiger partial charge on any atom is -0.493 e. The first kappa shape index (κ1) is 23.0. The first-order chi connectivity index (χ1) is 16.6. The smallest absolute Gasteiger partial charge is 0.303 e. The van der Waals surface area contributed by atoms with Crippen molar-refractivity contribution in [2.24, 2.45) is 0 Å². The maximum atomic E-state index is 11.1. The Morgan fingerprint density at radius 3 is 2.59 bits per heavy atom. The highest BCUT2D eigenvalue weighted by molar-refractivity contribution is 5.67. The number of hydrogen-bond acceptors (Lipinski definition) is 7. The molecular formula is C26H26N4O4. The number of aromatic nitrogens is 3. The Kier molecular flexibility index (Phi) is 7.49. The molecule has 0 unspecified atom stereocenters. The number of hydrogen-bond donors (Lipinski definition) is 2. The number of carboxylic acids is 1. The monoisotopic (exact) mass is 458 g/mol. The van der Waals surface area contributed by atoms with Gasteiger partial charge in [-0.25, -0.2) is 15.0 Å². The zero-order valence-corrected chi connectivity index (χ0v) is 18.9. The fraction of sp³-hybridized carbons (Fsp3) is 0.231. The van der Waals surface area contributed by atoms with Gasteiger partial charge >= 0.3 is 5.97 Å². The van der Waals surface area contributed by atoms with Crippen LogP contribution in [0.5, 0.6) is 5.75 Å². The summed E-state index contributed by atoms with van der Waals surface area (Å²) in [4.78, 5) is 24.0. The normalized spacial score (nSPS) is 10.7. The molecule has 0 aliphatic rings. The van der Waals surface area contributed by atoms with Crippen LogP contribution in [-0.2, 0) is 24.2 Å². The molecule has 0 aliphatic heterocycles. The van der Waals surface area contributed by atoms with Gasteiger partial charge in [0.05, 0.1) is 12.3 Å². The van der Waals surface area contributed by atoms with Crippen molar-refractivity contribution in [2.75, 3.05) is 11.9 Å². The Bertz CT molecular complexity index is 1230. The van der Waals surface area contributed by atoms with E-state index in [9.17, 15) is 4.79 Å². The molecule has 0 saturated carbocycles. The summed E-state index contributed by atoms with van der Waals surface area (Å²) in [5, 5.41) is 12.3. The number of anilines is 1. The van der Waals surface area contributed by atoms with Crippen molar-refractivity contribution in [1.29, 1.82) is 0 Å². The molecule has 34 heavy (non-hydrogen) atoms. The molecule has 0 fully saturated rings. The lowest BCUT2D eigenvalue weighted by Gasteiger charge is -2.13. The summed E-state index contributed by atoms with van der Waals surface area (Å²) < 4.78 is 11.8. The van der Waals surface area contributed by atoms with Crippen LogP contribution in [0.3, 0.4) is 0 Å². The number of ether oxygens (including phenoxy) is 1. The van der Waals surface area contributed by atoms with E-state index in [0.29, 0.717) is 43.6 Å². The van der Waals surface area contributed by atoms with E-state index in [1.807, 2.05) is 55.5 Å². The summed E-state index contributed by atoms with van der Waals surface area (Å²) in [7, 11) is 0. The van der Waals surface area contributed by atoms with Crippen molar-refractivity contribution in [3.05, 3.63) is 89.6 Å². The first-order valence-electron chi connectivity index (χ1n) is 11.1. The fourth-order valence-corrected chi connectivity index (χ4v) is 3.54. The minimum absolute atomic E-state index is 0.0597. The van der Waals surface area contributed by atoms with Crippen LogP contribution in [0.4, 0.5) is 5.95 Å². The molecule has 0 amide bonds. The molecule has 0 saturated heterocycles. The molecule has 4 rings (SSSR count). The Morgan fingerprint density at radius 1 is 1.03 bits per heavy atom. The van der Waals surface area contributed by atoms with Gasteiger partial charge < -0.3 is 19.6 Å². The van der Waals surface area contributed by atoms with E-state index in [0.717, 1.165) is 28.1 Å². The van der Waals surface area contributed by atoms with E-state index < -0.39 is 5.97 Å². The average molecular weight is 459 g/mol. The summed E-state index contributed by atoms with van der Waals surface area (Å²) in [5.74, 6) is 1.76. The first-order valence-corrected chi connectivity index (χ1v) is 11.1. The topological polar surface area (TPSA) is 110 Å². The second-order valence-corrected chi connectivity index (χ2v) is 7.74. The molecule has 8 nitrogen and oxygen atoms in total. The number of oxazole rings is 1. The molecular weight excluding hydrogens is 432 g/mol. The Hall–Kier alpha value is -4.20. The van der Waals surface area contributed by atoms with Crippen LogP contribution in [0.2, 0.25) is 0 Å². The van der Waals surface area contributed by atoms with Crippen LogP contribution >= 0.6 is 0 Å². The van der Waals surface area contributed by atoms with Crippen LogP contribution in [-0.4, -0.2) is 32.6 Å². The van der Waals surface area contributed by atoms with Crippen molar-refractivity contribution < 1.29 is 19.1 Å². The highest BCUT2D eigenvalue weighted by Gasteiger charge is 2.12. The summed E-state index contributed by atoms with van der Waals surface area (Å²) in [6.07, 6.45) is 4.42. The maximum absolute atomic E-state index is 11.1. The van der Waals surface area contributed by atoms with E-state index in [1.165, 1.54) is 0 Å². The molecule has 0 spiro atoms. The molecule has 8 heteroatoms. The molecule has 2 aromatic carbocycles. The molecule has 0 bridgehead atoms. The largest absolute Gasteiger partial charge is 0.493 e. The highest BCUT2D eigenvalue weighted by atomic mass is 16.5. The summed E-state index contributed by atoms with van der Waals surface area (Å²) in [6, 6.07) is 17.2. The quantitative estimate of drug-likeness (QED) is 0.333. The minimum atomic E-state index is -0.830. The van der Waals surface area contributed by atoms with Crippen LogP contribution in [0.1, 0.15) is 29.0 Å². The van der Waals surface area contributed by atoms with Crippen LogP contribution in [0.15, 0.2) is 71.4 Å². The number of rotatable bonds is 11. The lowest BCUT2D eigenvalue weighted by Crippen LogP contribution is -2.08. The van der Waals surface area contributed by atoms with Crippen LogP contribution in [0, 0.1) is 6.92 Å². The number of carboxylic acid groups (broad SMARTS) is 1. The third-order valence-corrected chi connectivity index (χ3v) is 5.31. The van der Waals surface area contributed by atoms with E-state index >= 15 is 0 Å². The van der Waals surface area contributed by atoms with Gasteiger partial charge in [0, 0.05) is 37.3 Å². The number of nitrogens with one attached hydrogen (secondary N) is 1. The van der Waals surface area contributed by atoms with Gasteiger partial charge in [0.1, 0.15) is 11.5 Å². The van der Waals surface area contributed by atoms with Gasteiger partial charge in [-0.05, 0) is 54.8 Å². The zero-order valence-electron chi connectivity index (χ0n) is 18.9. The lowest BCUT2D eigenvalue weighted by atomic mass is 10.0.